The molecule has 0 aliphatic carbocycles. The first-order chi connectivity index (χ1) is 19.8. The molecule has 0 saturated carbocycles. The van der Waals surface area contributed by atoms with Gasteiger partial charge in [-0.2, -0.15) is 10.4 Å². The smallest absolute Gasteiger partial charge is 0.281 e. The minimum atomic E-state index is -0.509. The molecule has 0 bridgehead atoms. The van der Waals surface area contributed by atoms with Crippen molar-refractivity contribution >= 4 is 17.3 Å². The fraction of sp³-hybridized carbons (Fsp3) is 0.606. The van der Waals surface area contributed by atoms with Crippen LogP contribution >= 0.6 is 0 Å². The number of benzene rings is 1. The molecule has 1 aromatic heterocycles. The van der Waals surface area contributed by atoms with Gasteiger partial charge >= 0.3 is 0 Å². The maximum absolute atomic E-state index is 13.8. The molecule has 2 aromatic rings. The van der Waals surface area contributed by atoms with E-state index in [1.54, 1.807) is 38.1 Å². The highest BCUT2D eigenvalue weighted by Crippen LogP contribution is 2.27. The number of rotatable bonds is 17. The summed E-state index contributed by atoms with van der Waals surface area (Å²) in [4.78, 5) is 28.7. The molecule has 8 heteroatoms. The molecule has 2 atom stereocenters. The largest absolute Gasteiger partial charge is 0.493 e. The number of aromatic hydroxyl groups is 1. The van der Waals surface area contributed by atoms with E-state index in [0.717, 1.165) is 49.8 Å². The van der Waals surface area contributed by atoms with Crippen molar-refractivity contribution in [2.75, 3.05) is 13.1 Å². The molecule has 1 aromatic carbocycles. The summed E-state index contributed by atoms with van der Waals surface area (Å²) in [6, 6.07) is 8.92. The van der Waals surface area contributed by atoms with Gasteiger partial charge in [0.1, 0.15) is 11.6 Å². The molecule has 1 N–H and O–H groups in total. The van der Waals surface area contributed by atoms with Crippen LogP contribution in [0, 0.1) is 30.1 Å². The van der Waals surface area contributed by atoms with Gasteiger partial charge in [0.15, 0.2) is 5.69 Å². The van der Waals surface area contributed by atoms with Crippen molar-refractivity contribution in [3.05, 3.63) is 51.3 Å². The first-order valence-corrected chi connectivity index (χ1v) is 15.4. The molecular formula is C33H49N5O3. The van der Waals surface area contributed by atoms with Crippen LogP contribution in [0.25, 0.3) is 0 Å². The molecule has 8 nitrogen and oxygen atoms in total. The van der Waals surface area contributed by atoms with Crippen LogP contribution in [0.4, 0.5) is 11.4 Å². The predicted octanol–water partition coefficient (Wildman–Crippen LogP) is 8.43. The highest BCUT2D eigenvalue weighted by atomic mass is 16.3. The fourth-order valence-electron chi connectivity index (χ4n) is 5.20. The second-order valence-electron chi connectivity index (χ2n) is 11.0. The lowest BCUT2D eigenvalue weighted by molar-refractivity contribution is 0.0684. The fourth-order valence-corrected chi connectivity index (χ4v) is 5.20. The summed E-state index contributed by atoms with van der Waals surface area (Å²) in [5.74, 6) is 0.649. The Morgan fingerprint density at radius 1 is 0.951 bits per heavy atom. The second-order valence-corrected chi connectivity index (χ2v) is 11.0. The molecule has 2 unspecified atom stereocenters. The number of azo groups is 1. The molecule has 0 fully saturated rings. The molecule has 224 valence electrons. The van der Waals surface area contributed by atoms with Crippen molar-refractivity contribution in [2.45, 2.75) is 106 Å². The van der Waals surface area contributed by atoms with Gasteiger partial charge in [-0.05, 0) is 62.8 Å². The minimum Gasteiger partial charge on any atom is -0.493 e. The van der Waals surface area contributed by atoms with E-state index in [1.807, 2.05) is 6.07 Å². The number of amides is 1. The number of pyridine rings is 1. The van der Waals surface area contributed by atoms with E-state index in [2.05, 4.69) is 42.8 Å². The molecule has 0 saturated heterocycles. The predicted molar refractivity (Wildman–Crippen MR) is 165 cm³/mol. The third-order valence-corrected chi connectivity index (χ3v) is 8.05. The topological polar surface area (TPSA) is 111 Å². The van der Waals surface area contributed by atoms with Crippen molar-refractivity contribution < 1.29 is 9.90 Å². The zero-order valence-electron chi connectivity index (χ0n) is 25.9. The van der Waals surface area contributed by atoms with Crippen LogP contribution in [0.1, 0.15) is 114 Å². The Hall–Kier alpha value is -3.47. The molecule has 1 heterocycles. The van der Waals surface area contributed by atoms with Gasteiger partial charge in [0.25, 0.3) is 11.5 Å². The van der Waals surface area contributed by atoms with Crippen LogP contribution in [-0.4, -0.2) is 33.6 Å². The normalized spacial score (nSPS) is 12.8. The summed E-state index contributed by atoms with van der Waals surface area (Å²) >= 11 is 0. The molecule has 0 aliphatic heterocycles. The highest BCUT2D eigenvalue weighted by Gasteiger charge is 2.23. The van der Waals surface area contributed by atoms with E-state index >= 15 is 0 Å². The monoisotopic (exact) mass is 563 g/mol. The summed E-state index contributed by atoms with van der Waals surface area (Å²) in [6.45, 7) is 13.9. The standard InChI is InChI=1S/C33H49N5O3/c1-7-12-14-16-26(10-4)23-37(22-25(9-3)15-13-8-2)31(39)27-17-19-28(20-18-27)35-36-30-24(6)29(21-34)32(40)38(11-5)33(30)41/h17-20,25-26,40H,7-16,22-23H2,1-6H3. The summed E-state index contributed by atoms with van der Waals surface area (Å²) in [7, 11) is 0. The highest BCUT2D eigenvalue weighted by molar-refractivity contribution is 5.94. The van der Waals surface area contributed by atoms with Crippen LogP contribution in [0.2, 0.25) is 0 Å². The molecule has 0 aliphatic rings. The van der Waals surface area contributed by atoms with E-state index in [-0.39, 0.29) is 35.1 Å². The van der Waals surface area contributed by atoms with Gasteiger partial charge in [0.2, 0.25) is 5.88 Å². The van der Waals surface area contributed by atoms with Crippen molar-refractivity contribution in [1.29, 1.82) is 5.26 Å². The van der Waals surface area contributed by atoms with Crippen LogP contribution in [0.5, 0.6) is 5.88 Å². The number of carbonyl (C=O) groups is 1. The molecule has 1 amide bonds. The van der Waals surface area contributed by atoms with Crippen LogP contribution < -0.4 is 5.56 Å². The Bertz CT molecular complexity index is 1240. The van der Waals surface area contributed by atoms with E-state index in [1.165, 1.54) is 25.7 Å². The molecule has 41 heavy (non-hydrogen) atoms. The van der Waals surface area contributed by atoms with E-state index in [4.69, 9.17) is 0 Å². The number of nitrogens with zero attached hydrogens (tertiary/aromatic N) is 5. The van der Waals surface area contributed by atoms with E-state index < -0.39 is 5.56 Å². The van der Waals surface area contributed by atoms with E-state index in [9.17, 15) is 20.0 Å². The molecular weight excluding hydrogens is 514 g/mol. The summed E-state index contributed by atoms with van der Waals surface area (Å²) in [5.41, 5.74) is 0.889. The summed E-state index contributed by atoms with van der Waals surface area (Å²) in [5, 5.41) is 28.1. The molecule has 0 spiro atoms. The average Bonchev–Trinajstić information content (AvgIpc) is 2.98. The third kappa shape index (κ3) is 9.27. The maximum atomic E-state index is 13.8. The van der Waals surface area contributed by atoms with Gasteiger partial charge in [-0.25, -0.2) is 0 Å². The zero-order valence-corrected chi connectivity index (χ0v) is 25.9. The lowest BCUT2D eigenvalue weighted by atomic mass is 9.95. The molecule has 2 rings (SSSR count). The van der Waals surface area contributed by atoms with Gasteiger partial charge in [0, 0.05) is 30.8 Å². The quantitative estimate of drug-likeness (QED) is 0.154. The van der Waals surface area contributed by atoms with Crippen LogP contribution in [0.3, 0.4) is 0 Å². The Labute approximate surface area is 246 Å². The SMILES string of the molecule is CCCCCC(CC)CN(CC(CC)CCCC)C(=O)c1ccc(N=Nc2c(C)c(C#N)c(O)n(CC)c2=O)cc1. The number of hydrogen-bond donors (Lipinski definition) is 1. The van der Waals surface area contributed by atoms with Gasteiger partial charge in [-0.15, -0.1) is 5.11 Å². The lowest BCUT2D eigenvalue weighted by Crippen LogP contribution is -2.39. The Morgan fingerprint density at radius 2 is 1.54 bits per heavy atom. The van der Waals surface area contributed by atoms with Crippen molar-refractivity contribution in [3.63, 3.8) is 0 Å². The summed E-state index contributed by atoms with van der Waals surface area (Å²) in [6.07, 6.45) is 10.3. The van der Waals surface area contributed by atoms with Gasteiger partial charge in [-0.3, -0.25) is 14.2 Å². The maximum Gasteiger partial charge on any atom is 0.281 e. The number of aromatic nitrogens is 1. The third-order valence-electron chi connectivity index (χ3n) is 8.05. The van der Waals surface area contributed by atoms with Gasteiger partial charge in [0.05, 0.1) is 5.69 Å². The van der Waals surface area contributed by atoms with Gasteiger partial charge < -0.3 is 10.0 Å². The Balaban J connectivity index is 2.31. The second kappa shape index (κ2) is 17.4. The van der Waals surface area contributed by atoms with Crippen molar-refractivity contribution in [2.24, 2.45) is 22.1 Å². The zero-order chi connectivity index (χ0) is 30.4. The Kier molecular flexibility index (Phi) is 14.3. The van der Waals surface area contributed by atoms with Crippen LogP contribution in [0.15, 0.2) is 39.3 Å². The van der Waals surface area contributed by atoms with E-state index in [0.29, 0.717) is 23.1 Å². The van der Waals surface area contributed by atoms with Crippen LogP contribution in [-0.2, 0) is 6.54 Å². The lowest BCUT2D eigenvalue weighted by Gasteiger charge is -2.31. The van der Waals surface area contributed by atoms with Gasteiger partial charge in [-0.1, -0.05) is 72.6 Å². The number of unbranched alkanes of at least 4 members (excludes halogenated alkanes) is 3. The first-order valence-electron chi connectivity index (χ1n) is 15.4. The van der Waals surface area contributed by atoms with Crippen molar-refractivity contribution in [3.8, 4) is 11.9 Å². The number of hydrogen-bond acceptors (Lipinski definition) is 6. The summed E-state index contributed by atoms with van der Waals surface area (Å²) < 4.78 is 1.10. The minimum absolute atomic E-state index is 0.00540. The number of nitriles is 1. The molecule has 0 radical (unpaired) electrons. The average molecular weight is 564 g/mol. The first kappa shape index (κ1) is 33.7. The Morgan fingerprint density at radius 3 is 2.05 bits per heavy atom. The van der Waals surface area contributed by atoms with Crippen molar-refractivity contribution in [1.82, 2.24) is 9.47 Å². The number of carbonyl (C=O) groups excluding carboxylic acids is 1.